The molecule has 76 valence electrons. The molecule has 2 rings (SSSR count). The van der Waals surface area contributed by atoms with Crippen molar-refractivity contribution in [1.82, 2.24) is 4.57 Å². The number of aromatic nitrogens is 1. The quantitative estimate of drug-likeness (QED) is 0.703. The summed E-state index contributed by atoms with van der Waals surface area (Å²) in [4.78, 5) is 0. The van der Waals surface area contributed by atoms with Crippen LogP contribution in [0.4, 0.5) is 4.39 Å². The number of nitrogens with zero attached hydrogens (tertiary/aromatic N) is 2. The summed E-state index contributed by atoms with van der Waals surface area (Å²) in [5.74, 6) is -0.220. The van der Waals surface area contributed by atoms with Crippen molar-refractivity contribution in [3.63, 3.8) is 0 Å². The second-order valence-corrected chi connectivity index (χ2v) is 3.47. The van der Waals surface area contributed by atoms with Gasteiger partial charge in [0.15, 0.2) is 0 Å². The molecule has 2 nitrogen and oxygen atoms in total. The van der Waals surface area contributed by atoms with E-state index < -0.39 is 0 Å². The van der Waals surface area contributed by atoms with Crippen LogP contribution in [0.5, 0.6) is 0 Å². The van der Waals surface area contributed by atoms with Gasteiger partial charge >= 0.3 is 0 Å². The molecule has 0 amide bonds. The number of hydrogen-bond acceptors (Lipinski definition) is 1. The normalized spacial score (nSPS) is 10.4. The highest BCUT2D eigenvalue weighted by Crippen LogP contribution is 2.17. The molecule has 0 aliphatic heterocycles. The summed E-state index contributed by atoms with van der Waals surface area (Å²) >= 11 is 0. The average Bonchev–Trinajstić information content (AvgIpc) is 2.62. The summed E-state index contributed by atoms with van der Waals surface area (Å²) < 4.78 is 15.0. The number of benzene rings is 1. The van der Waals surface area contributed by atoms with Gasteiger partial charge < -0.3 is 4.57 Å². The molecule has 0 aliphatic carbocycles. The number of unbranched alkanes of at least 4 members (excludes halogenated alkanes) is 1. The molecule has 1 aromatic heterocycles. The van der Waals surface area contributed by atoms with Gasteiger partial charge in [0.2, 0.25) is 0 Å². The lowest BCUT2D eigenvalue weighted by Gasteiger charge is -2.02. The number of fused-ring (bicyclic) bond motifs is 1. The van der Waals surface area contributed by atoms with E-state index in [1.165, 1.54) is 12.1 Å². The fraction of sp³-hybridized carbons (Fsp3) is 0.250. The highest BCUT2D eigenvalue weighted by Gasteiger charge is 2.01. The largest absolute Gasteiger partial charge is 0.347 e. The van der Waals surface area contributed by atoms with E-state index in [2.05, 4.69) is 6.07 Å². The Morgan fingerprint density at radius 2 is 2.20 bits per heavy atom. The van der Waals surface area contributed by atoms with Crippen molar-refractivity contribution in [1.29, 1.82) is 5.26 Å². The topological polar surface area (TPSA) is 28.7 Å². The zero-order chi connectivity index (χ0) is 10.7. The number of nitriles is 1. The van der Waals surface area contributed by atoms with Crippen molar-refractivity contribution in [3.8, 4) is 6.07 Å². The van der Waals surface area contributed by atoms with Gasteiger partial charge in [0.1, 0.15) is 5.82 Å². The van der Waals surface area contributed by atoms with Gasteiger partial charge in [0, 0.05) is 19.2 Å². The van der Waals surface area contributed by atoms with Crippen molar-refractivity contribution in [2.75, 3.05) is 0 Å². The van der Waals surface area contributed by atoms with E-state index in [1.54, 1.807) is 6.07 Å². The van der Waals surface area contributed by atoms with Crippen LogP contribution in [-0.4, -0.2) is 4.57 Å². The summed E-state index contributed by atoms with van der Waals surface area (Å²) in [6, 6.07) is 8.82. The van der Waals surface area contributed by atoms with Gasteiger partial charge in [-0.1, -0.05) is 0 Å². The highest BCUT2D eigenvalue weighted by atomic mass is 19.1. The molecule has 1 heterocycles. The number of aryl methyl sites for hydroxylation is 1. The predicted molar refractivity (Wildman–Crippen MR) is 56.7 cm³/mol. The van der Waals surface area contributed by atoms with Gasteiger partial charge in [-0.3, -0.25) is 0 Å². The standard InChI is InChI=1S/C12H11FN2/c13-11-4-3-10-5-8-15(12(10)9-11)7-2-1-6-14/h3-5,8-9H,1-2,7H2. The molecule has 0 atom stereocenters. The van der Waals surface area contributed by atoms with Gasteiger partial charge in [0.05, 0.1) is 11.6 Å². The zero-order valence-electron chi connectivity index (χ0n) is 8.28. The monoisotopic (exact) mass is 202 g/mol. The first kappa shape index (κ1) is 9.72. The maximum absolute atomic E-state index is 13.0. The van der Waals surface area contributed by atoms with E-state index in [1.807, 2.05) is 16.8 Å². The zero-order valence-corrected chi connectivity index (χ0v) is 8.28. The van der Waals surface area contributed by atoms with Gasteiger partial charge in [-0.25, -0.2) is 4.39 Å². The van der Waals surface area contributed by atoms with Crippen LogP contribution >= 0.6 is 0 Å². The Morgan fingerprint density at radius 1 is 1.33 bits per heavy atom. The minimum absolute atomic E-state index is 0.220. The molecule has 0 fully saturated rings. The van der Waals surface area contributed by atoms with Crippen LogP contribution < -0.4 is 0 Å². The molecule has 1 aromatic carbocycles. The summed E-state index contributed by atoms with van der Waals surface area (Å²) in [6.45, 7) is 0.764. The first-order valence-corrected chi connectivity index (χ1v) is 4.92. The third kappa shape index (κ3) is 1.99. The summed E-state index contributed by atoms with van der Waals surface area (Å²) in [5, 5.41) is 9.47. The smallest absolute Gasteiger partial charge is 0.125 e. The lowest BCUT2D eigenvalue weighted by Crippen LogP contribution is -1.95. The maximum Gasteiger partial charge on any atom is 0.125 e. The number of hydrogen-bond donors (Lipinski definition) is 0. The molecule has 2 aromatic rings. The van der Waals surface area contributed by atoms with E-state index in [0.717, 1.165) is 23.9 Å². The van der Waals surface area contributed by atoms with Gasteiger partial charge in [-0.05, 0) is 36.1 Å². The second kappa shape index (κ2) is 4.14. The van der Waals surface area contributed by atoms with Crippen LogP contribution in [0, 0.1) is 17.1 Å². The van der Waals surface area contributed by atoms with Crippen LogP contribution in [0.15, 0.2) is 30.5 Å². The Kier molecular flexibility index (Phi) is 2.68. The molecule has 0 N–H and O–H groups in total. The summed E-state index contributed by atoms with van der Waals surface area (Å²) in [5.41, 5.74) is 0.896. The van der Waals surface area contributed by atoms with Crippen molar-refractivity contribution in [3.05, 3.63) is 36.3 Å². The Labute approximate surface area is 87.6 Å². The van der Waals surface area contributed by atoms with Crippen molar-refractivity contribution in [2.24, 2.45) is 0 Å². The summed E-state index contributed by atoms with van der Waals surface area (Å²) in [6.07, 6.45) is 3.27. The Hall–Kier alpha value is -1.82. The van der Waals surface area contributed by atoms with Crippen LogP contribution in [-0.2, 0) is 6.54 Å². The molecule has 15 heavy (non-hydrogen) atoms. The SMILES string of the molecule is N#CCCCn1ccc2ccc(F)cc21. The molecule has 0 saturated heterocycles. The van der Waals surface area contributed by atoms with E-state index in [-0.39, 0.29) is 5.82 Å². The fourth-order valence-corrected chi connectivity index (χ4v) is 1.68. The number of halogens is 1. The van der Waals surface area contributed by atoms with E-state index >= 15 is 0 Å². The van der Waals surface area contributed by atoms with Crippen LogP contribution in [0.3, 0.4) is 0 Å². The van der Waals surface area contributed by atoms with E-state index in [0.29, 0.717) is 6.42 Å². The first-order valence-electron chi connectivity index (χ1n) is 4.92. The molecule has 3 heteroatoms. The minimum Gasteiger partial charge on any atom is -0.347 e. The van der Waals surface area contributed by atoms with E-state index in [9.17, 15) is 4.39 Å². The van der Waals surface area contributed by atoms with Crippen molar-refractivity contribution < 1.29 is 4.39 Å². The highest BCUT2D eigenvalue weighted by molar-refractivity contribution is 5.80. The molecule has 0 radical (unpaired) electrons. The third-order valence-electron chi connectivity index (χ3n) is 2.42. The van der Waals surface area contributed by atoms with Crippen molar-refractivity contribution in [2.45, 2.75) is 19.4 Å². The molecule has 0 unspecified atom stereocenters. The van der Waals surface area contributed by atoms with Crippen molar-refractivity contribution >= 4 is 10.9 Å². The van der Waals surface area contributed by atoms with Crippen LogP contribution in [0.2, 0.25) is 0 Å². The minimum atomic E-state index is -0.220. The second-order valence-electron chi connectivity index (χ2n) is 3.47. The van der Waals surface area contributed by atoms with Crippen LogP contribution in [0.25, 0.3) is 10.9 Å². The molecular weight excluding hydrogens is 191 g/mol. The first-order chi connectivity index (χ1) is 7.31. The van der Waals surface area contributed by atoms with Gasteiger partial charge in [-0.2, -0.15) is 5.26 Å². The van der Waals surface area contributed by atoms with E-state index in [4.69, 9.17) is 5.26 Å². The Balaban J connectivity index is 2.28. The average molecular weight is 202 g/mol. The predicted octanol–water partition coefficient (Wildman–Crippen LogP) is 3.08. The third-order valence-corrected chi connectivity index (χ3v) is 2.42. The Morgan fingerprint density at radius 3 is 3.00 bits per heavy atom. The summed E-state index contributed by atoms with van der Waals surface area (Å²) in [7, 11) is 0. The lowest BCUT2D eigenvalue weighted by atomic mass is 10.2. The lowest BCUT2D eigenvalue weighted by molar-refractivity contribution is 0.626. The molecular formula is C12H11FN2. The molecule has 0 saturated carbocycles. The van der Waals surface area contributed by atoms with Gasteiger partial charge in [-0.15, -0.1) is 0 Å². The van der Waals surface area contributed by atoms with Crippen LogP contribution in [0.1, 0.15) is 12.8 Å². The van der Waals surface area contributed by atoms with Gasteiger partial charge in [0.25, 0.3) is 0 Å². The number of rotatable bonds is 3. The molecule has 0 aliphatic rings. The molecule has 0 spiro atoms. The fourth-order valence-electron chi connectivity index (χ4n) is 1.68. The Bertz CT molecular complexity index is 508. The maximum atomic E-state index is 13.0. The molecule has 0 bridgehead atoms.